The van der Waals surface area contributed by atoms with Gasteiger partial charge in [-0.05, 0) is 36.1 Å². The maximum atomic E-state index is 12.9. The molecule has 2 aromatic rings. The first kappa shape index (κ1) is 8.66. The van der Waals surface area contributed by atoms with Crippen LogP contribution in [0.15, 0.2) is 23.6 Å². The lowest BCUT2D eigenvalue weighted by Gasteiger charge is -2.02. The summed E-state index contributed by atoms with van der Waals surface area (Å²) in [5.41, 5.74) is 6.79. The van der Waals surface area contributed by atoms with Crippen molar-refractivity contribution >= 4 is 21.4 Å². The zero-order valence-electron chi connectivity index (χ0n) is 7.25. The lowest BCUT2D eigenvalue weighted by Crippen LogP contribution is -2.03. The second kappa shape index (κ2) is 3.09. The molecule has 0 aliphatic rings. The molecule has 2 N–H and O–H groups in total. The van der Waals surface area contributed by atoms with Crippen LogP contribution in [0.2, 0.25) is 0 Å². The van der Waals surface area contributed by atoms with E-state index >= 15 is 0 Å². The van der Waals surface area contributed by atoms with Crippen molar-refractivity contribution in [3.63, 3.8) is 0 Å². The molecule has 0 amide bonds. The van der Waals surface area contributed by atoms with Crippen molar-refractivity contribution in [2.45, 2.75) is 13.0 Å². The van der Waals surface area contributed by atoms with Gasteiger partial charge < -0.3 is 5.73 Å². The third-order valence-corrected chi connectivity index (χ3v) is 3.04. The van der Waals surface area contributed by atoms with Gasteiger partial charge in [0.1, 0.15) is 5.82 Å². The van der Waals surface area contributed by atoms with Crippen LogP contribution in [-0.2, 0) is 0 Å². The van der Waals surface area contributed by atoms with Crippen LogP contribution >= 0.6 is 11.3 Å². The van der Waals surface area contributed by atoms with Gasteiger partial charge in [0, 0.05) is 16.1 Å². The maximum absolute atomic E-state index is 12.9. The molecular formula is C10H10FNS. The van der Waals surface area contributed by atoms with E-state index < -0.39 is 0 Å². The predicted octanol–water partition coefficient (Wildman–Crippen LogP) is 3.06. The Morgan fingerprint density at radius 2 is 2.23 bits per heavy atom. The number of nitrogens with two attached hydrogens (primary N) is 1. The molecule has 0 bridgehead atoms. The van der Waals surface area contributed by atoms with Gasteiger partial charge in [-0.15, -0.1) is 11.3 Å². The molecule has 0 saturated heterocycles. The predicted molar refractivity (Wildman–Crippen MR) is 54.4 cm³/mol. The first-order chi connectivity index (χ1) is 6.18. The van der Waals surface area contributed by atoms with Gasteiger partial charge >= 0.3 is 0 Å². The number of hydrogen-bond acceptors (Lipinski definition) is 2. The summed E-state index contributed by atoms with van der Waals surface area (Å²) in [4.78, 5) is 0. The fourth-order valence-electron chi connectivity index (χ4n) is 1.37. The van der Waals surface area contributed by atoms with E-state index in [9.17, 15) is 4.39 Å². The van der Waals surface area contributed by atoms with Crippen LogP contribution in [0.1, 0.15) is 18.5 Å². The maximum Gasteiger partial charge on any atom is 0.123 e. The van der Waals surface area contributed by atoms with E-state index in [2.05, 4.69) is 0 Å². The zero-order valence-corrected chi connectivity index (χ0v) is 8.07. The van der Waals surface area contributed by atoms with Crippen molar-refractivity contribution in [1.29, 1.82) is 0 Å². The van der Waals surface area contributed by atoms with Crippen molar-refractivity contribution < 1.29 is 4.39 Å². The Bertz CT molecular complexity index is 433. The molecule has 1 aromatic heterocycles. The van der Waals surface area contributed by atoms with Crippen LogP contribution in [0.25, 0.3) is 10.1 Å². The summed E-state index contributed by atoms with van der Waals surface area (Å²) in [6.45, 7) is 1.91. The van der Waals surface area contributed by atoms with Crippen LogP contribution in [-0.4, -0.2) is 0 Å². The average molecular weight is 195 g/mol. The standard InChI is InChI=1S/C10H10FNS/c1-6(12)9-5-13-10-3-2-7(11)4-8(9)10/h2-6H,12H2,1H3. The van der Waals surface area contributed by atoms with Crippen molar-refractivity contribution in [3.05, 3.63) is 35.0 Å². The lowest BCUT2D eigenvalue weighted by atomic mass is 10.1. The van der Waals surface area contributed by atoms with E-state index in [1.165, 1.54) is 6.07 Å². The van der Waals surface area contributed by atoms with Crippen molar-refractivity contribution in [2.24, 2.45) is 5.73 Å². The Morgan fingerprint density at radius 1 is 1.46 bits per heavy atom. The van der Waals surface area contributed by atoms with E-state index in [4.69, 9.17) is 5.73 Å². The van der Waals surface area contributed by atoms with Gasteiger partial charge in [0.25, 0.3) is 0 Å². The van der Waals surface area contributed by atoms with E-state index in [0.717, 1.165) is 15.6 Å². The molecule has 1 nitrogen and oxygen atoms in total. The van der Waals surface area contributed by atoms with E-state index in [0.29, 0.717) is 0 Å². The molecule has 1 heterocycles. The second-order valence-electron chi connectivity index (χ2n) is 3.12. The van der Waals surface area contributed by atoms with Crippen LogP contribution < -0.4 is 5.73 Å². The normalized spacial score (nSPS) is 13.5. The van der Waals surface area contributed by atoms with E-state index in [-0.39, 0.29) is 11.9 Å². The van der Waals surface area contributed by atoms with Crippen molar-refractivity contribution in [3.8, 4) is 0 Å². The summed E-state index contributed by atoms with van der Waals surface area (Å²) in [5, 5.41) is 2.94. The molecule has 0 fully saturated rings. The zero-order chi connectivity index (χ0) is 9.42. The molecule has 0 saturated carbocycles. The van der Waals surface area contributed by atoms with Gasteiger partial charge in [-0.3, -0.25) is 0 Å². The molecule has 3 heteroatoms. The van der Waals surface area contributed by atoms with Crippen LogP contribution in [0.4, 0.5) is 4.39 Å². The minimum atomic E-state index is -0.201. The number of fused-ring (bicyclic) bond motifs is 1. The monoisotopic (exact) mass is 195 g/mol. The Morgan fingerprint density at radius 3 is 2.92 bits per heavy atom. The fourth-order valence-corrected chi connectivity index (χ4v) is 2.42. The molecule has 1 unspecified atom stereocenters. The third-order valence-electron chi connectivity index (χ3n) is 2.06. The first-order valence-corrected chi connectivity index (χ1v) is 4.98. The highest BCUT2D eigenvalue weighted by atomic mass is 32.1. The largest absolute Gasteiger partial charge is 0.324 e. The smallest absolute Gasteiger partial charge is 0.123 e. The lowest BCUT2D eigenvalue weighted by molar-refractivity contribution is 0.629. The molecule has 2 rings (SSSR count). The van der Waals surface area contributed by atoms with Gasteiger partial charge in [-0.2, -0.15) is 0 Å². The summed E-state index contributed by atoms with van der Waals surface area (Å²) in [6.07, 6.45) is 0. The molecule has 1 aromatic carbocycles. The summed E-state index contributed by atoms with van der Waals surface area (Å²) in [7, 11) is 0. The Balaban J connectivity index is 2.71. The highest BCUT2D eigenvalue weighted by Gasteiger charge is 2.07. The topological polar surface area (TPSA) is 26.0 Å². The van der Waals surface area contributed by atoms with E-state index in [1.54, 1.807) is 23.5 Å². The SMILES string of the molecule is CC(N)c1csc2ccc(F)cc12. The second-order valence-corrected chi connectivity index (χ2v) is 4.03. The van der Waals surface area contributed by atoms with Crippen molar-refractivity contribution in [1.82, 2.24) is 0 Å². The highest BCUT2D eigenvalue weighted by Crippen LogP contribution is 2.29. The van der Waals surface area contributed by atoms with Gasteiger partial charge in [0.15, 0.2) is 0 Å². The number of rotatable bonds is 1. The summed E-state index contributed by atoms with van der Waals surface area (Å²) >= 11 is 1.60. The minimum absolute atomic E-state index is 0.0319. The molecule has 0 aliphatic carbocycles. The number of thiophene rings is 1. The molecule has 0 aliphatic heterocycles. The molecule has 68 valence electrons. The highest BCUT2D eigenvalue weighted by molar-refractivity contribution is 7.17. The molecular weight excluding hydrogens is 185 g/mol. The van der Waals surface area contributed by atoms with Gasteiger partial charge in [0.05, 0.1) is 0 Å². The molecule has 13 heavy (non-hydrogen) atoms. The molecule has 1 atom stereocenters. The number of halogens is 1. The van der Waals surface area contributed by atoms with Crippen LogP contribution in [0, 0.1) is 5.82 Å². The van der Waals surface area contributed by atoms with Gasteiger partial charge in [-0.1, -0.05) is 0 Å². The minimum Gasteiger partial charge on any atom is -0.324 e. The van der Waals surface area contributed by atoms with Crippen molar-refractivity contribution in [2.75, 3.05) is 0 Å². The summed E-state index contributed by atoms with van der Waals surface area (Å²) in [6, 6.07) is 4.78. The molecule has 0 radical (unpaired) electrons. The van der Waals surface area contributed by atoms with Gasteiger partial charge in [-0.25, -0.2) is 4.39 Å². The first-order valence-electron chi connectivity index (χ1n) is 4.10. The molecule has 0 spiro atoms. The quantitative estimate of drug-likeness (QED) is 0.743. The average Bonchev–Trinajstić information content (AvgIpc) is 2.46. The Labute approximate surface area is 80.0 Å². The van der Waals surface area contributed by atoms with Crippen LogP contribution in [0.5, 0.6) is 0 Å². The van der Waals surface area contributed by atoms with Gasteiger partial charge in [0.2, 0.25) is 0 Å². The number of benzene rings is 1. The fraction of sp³-hybridized carbons (Fsp3) is 0.200. The van der Waals surface area contributed by atoms with E-state index in [1.807, 2.05) is 12.3 Å². The van der Waals surface area contributed by atoms with Crippen LogP contribution in [0.3, 0.4) is 0 Å². The Hall–Kier alpha value is -0.930. The number of hydrogen-bond donors (Lipinski definition) is 1. The summed E-state index contributed by atoms with van der Waals surface area (Å²) in [5.74, 6) is -0.201. The third kappa shape index (κ3) is 1.45. The summed E-state index contributed by atoms with van der Waals surface area (Å²) < 4.78 is 14.0. The Kier molecular flexibility index (Phi) is 2.06.